The van der Waals surface area contributed by atoms with E-state index in [1.807, 2.05) is 0 Å². The van der Waals surface area contributed by atoms with Crippen LogP contribution in [0, 0.1) is 0 Å². The first-order chi connectivity index (χ1) is 18.3. The highest BCUT2D eigenvalue weighted by molar-refractivity contribution is 5.73. The Morgan fingerprint density at radius 3 is 1.74 bits per heavy atom. The predicted molar refractivity (Wildman–Crippen MR) is 123 cm³/mol. The van der Waals surface area contributed by atoms with E-state index in [0.717, 1.165) is 13.8 Å². The lowest BCUT2D eigenvalue weighted by atomic mass is 9.94. The molecule has 0 aromatic carbocycles. The van der Waals surface area contributed by atoms with Gasteiger partial charge in [0.25, 0.3) is 0 Å². The zero-order chi connectivity index (χ0) is 29.2. The summed E-state index contributed by atoms with van der Waals surface area (Å²) in [6.07, 6.45) is -20.2. The molecule has 3 aliphatic rings. The lowest BCUT2D eigenvalue weighted by molar-refractivity contribution is -0.366. The Bertz CT molecular complexity index is 835. The SMILES string of the molecule is CC(=O)N[C@@H]1[C@@H](O[C@@H]2O[C@@H](C)[C@@H](O)[C@@H](O)[C@@H]2O)[C@H](O[C@@H]2O[C@H](CO)[C@H](NC(C)=O)[C@H](O)[C@H]2O)[C@@H](CO)O[C@H]1O. The van der Waals surface area contributed by atoms with Gasteiger partial charge in [-0.2, -0.15) is 0 Å². The van der Waals surface area contributed by atoms with Crippen LogP contribution in [0.5, 0.6) is 0 Å². The molecule has 0 aromatic rings. The third-order valence-electron chi connectivity index (χ3n) is 6.86. The summed E-state index contributed by atoms with van der Waals surface area (Å²) in [5.41, 5.74) is 0. The van der Waals surface area contributed by atoms with Crippen molar-refractivity contribution in [3.63, 3.8) is 0 Å². The number of hydrogen-bond acceptors (Lipinski definition) is 15. The zero-order valence-electron chi connectivity index (χ0n) is 21.5. The lowest BCUT2D eigenvalue weighted by Gasteiger charge is -2.49. The van der Waals surface area contributed by atoms with Gasteiger partial charge in [-0.1, -0.05) is 0 Å². The number of aliphatic hydroxyl groups excluding tert-OH is 8. The van der Waals surface area contributed by atoms with E-state index in [2.05, 4.69) is 10.6 Å². The minimum absolute atomic E-state index is 0.568. The molecule has 0 aliphatic carbocycles. The molecule has 3 rings (SSSR count). The Balaban J connectivity index is 1.92. The largest absolute Gasteiger partial charge is 0.394 e. The van der Waals surface area contributed by atoms with Gasteiger partial charge in [0.15, 0.2) is 18.9 Å². The summed E-state index contributed by atoms with van der Waals surface area (Å²) in [7, 11) is 0. The second-order valence-electron chi connectivity index (χ2n) is 9.79. The molecule has 226 valence electrons. The van der Waals surface area contributed by atoms with Crippen LogP contribution in [0.3, 0.4) is 0 Å². The summed E-state index contributed by atoms with van der Waals surface area (Å²) < 4.78 is 28.1. The van der Waals surface area contributed by atoms with Gasteiger partial charge in [0, 0.05) is 13.8 Å². The van der Waals surface area contributed by atoms with Gasteiger partial charge < -0.3 is 75.2 Å². The Kier molecular flexibility index (Phi) is 11.0. The molecule has 2 amide bonds. The van der Waals surface area contributed by atoms with Crippen LogP contribution in [0.25, 0.3) is 0 Å². The summed E-state index contributed by atoms with van der Waals surface area (Å²) in [5.74, 6) is -1.21. The average Bonchev–Trinajstić information content (AvgIpc) is 2.88. The van der Waals surface area contributed by atoms with E-state index in [9.17, 15) is 50.4 Å². The molecule has 0 spiro atoms. The van der Waals surface area contributed by atoms with Crippen molar-refractivity contribution in [3.8, 4) is 0 Å². The van der Waals surface area contributed by atoms with E-state index in [0.29, 0.717) is 0 Å². The van der Waals surface area contributed by atoms with Crippen molar-refractivity contribution in [2.24, 2.45) is 0 Å². The second-order valence-corrected chi connectivity index (χ2v) is 9.79. The molecule has 10 N–H and O–H groups in total. The fourth-order valence-electron chi connectivity index (χ4n) is 4.83. The number of ether oxygens (including phenoxy) is 5. The Labute approximate surface area is 223 Å². The molecule has 0 saturated carbocycles. The molecule has 3 fully saturated rings. The maximum atomic E-state index is 11.9. The van der Waals surface area contributed by atoms with Gasteiger partial charge in [-0.15, -0.1) is 0 Å². The van der Waals surface area contributed by atoms with Crippen LogP contribution < -0.4 is 10.6 Å². The number of hydrogen-bond donors (Lipinski definition) is 10. The monoisotopic (exact) mass is 570 g/mol. The normalized spacial score (nSPS) is 46.9. The number of carbonyl (C=O) groups excluding carboxylic acids is 2. The minimum atomic E-state index is -1.82. The van der Waals surface area contributed by atoms with Crippen LogP contribution in [0.4, 0.5) is 0 Å². The Hall–Kier alpha value is -1.58. The van der Waals surface area contributed by atoms with Gasteiger partial charge in [-0.05, 0) is 6.92 Å². The van der Waals surface area contributed by atoms with Crippen LogP contribution in [0.1, 0.15) is 20.8 Å². The standard InChI is InChI=1S/C22H38N2O15/c1-6-13(29)15(31)17(33)21(35-6)39-19-12(24-8(3)28)20(34)36-10(5-26)18(19)38-22-16(32)14(30)11(23-7(2)27)9(4-25)37-22/h6,9-22,25-26,29-34H,4-5H2,1-3H3,(H,23,27)(H,24,28)/t6-,9+,10+,11-,12+,13+,14-,15+,16+,17-,18+,19+,20+,21-,22-/m0/s1. The van der Waals surface area contributed by atoms with E-state index in [4.69, 9.17) is 23.7 Å². The third-order valence-corrected chi connectivity index (χ3v) is 6.86. The Morgan fingerprint density at radius 2 is 1.18 bits per heavy atom. The first-order valence-electron chi connectivity index (χ1n) is 12.4. The summed E-state index contributed by atoms with van der Waals surface area (Å²) in [6, 6.07) is -2.63. The lowest BCUT2D eigenvalue weighted by Crippen LogP contribution is -2.70. The minimum Gasteiger partial charge on any atom is -0.394 e. The van der Waals surface area contributed by atoms with Crippen molar-refractivity contribution in [3.05, 3.63) is 0 Å². The highest BCUT2D eigenvalue weighted by atomic mass is 16.7. The topological polar surface area (TPSA) is 266 Å². The molecule has 0 unspecified atom stereocenters. The summed E-state index contributed by atoms with van der Waals surface area (Å²) >= 11 is 0. The van der Waals surface area contributed by atoms with Crippen molar-refractivity contribution in [1.29, 1.82) is 0 Å². The quantitative estimate of drug-likeness (QED) is 0.130. The molecule has 3 saturated heterocycles. The molecule has 17 heteroatoms. The fourth-order valence-corrected chi connectivity index (χ4v) is 4.83. The molecule has 3 aliphatic heterocycles. The van der Waals surface area contributed by atoms with Gasteiger partial charge in [0.1, 0.15) is 61.0 Å². The number of amides is 2. The zero-order valence-corrected chi connectivity index (χ0v) is 21.5. The number of aliphatic hydroxyl groups is 8. The second kappa shape index (κ2) is 13.4. The van der Waals surface area contributed by atoms with Crippen molar-refractivity contribution < 1.29 is 74.1 Å². The summed E-state index contributed by atoms with van der Waals surface area (Å²) in [4.78, 5) is 23.4. The summed E-state index contributed by atoms with van der Waals surface area (Å²) in [5, 5.41) is 87.1. The summed E-state index contributed by atoms with van der Waals surface area (Å²) in [6.45, 7) is 2.20. The predicted octanol–water partition coefficient (Wildman–Crippen LogP) is -6.26. The Morgan fingerprint density at radius 1 is 0.667 bits per heavy atom. The first kappa shape index (κ1) is 31.9. The molecule has 0 radical (unpaired) electrons. The van der Waals surface area contributed by atoms with E-state index in [-0.39, 0.29) is 0 Å². The molecule has 0 aromatic heterocycles. The molecule has 17 nitrogen and oxygen atoms in total. The fraction of sp³-hybridized carbons (Fsp3) is 0.909. The van der Waals surface area contributed by atoms with E-state index < -0.39 is 117 Å². The average molecular weight is 571 g/mol. The molecular formula is C22H38N2O15. The van der Waals surface area contributed by atoms with Gasteiger partial charge in [-0.25, -0.2) is 0 Å². The first-order valence-corrected chi connectivity index (χ1v) is 12.4. The molecule has 3 heterocycles. The van der Waals surface area contributed by atoms with Crippen molar-refractivity contribution in [1.82, 2.24) is 10.6 Å². The number of carbonyl (C=O) groups is 2. The van der Waals surface area contributed by atoms with E-state index in [1.54, 1.807) is 0 Å². The van der Waals surface area contributed by atoms with Crippen molar-refractivity contribution >= 4 is 11.8 Å². The van der Waals surface area contributed by atoms with Crippen LogP contribution in [0.2, 0.25) is 0 Å². The molecule has 0 bridgehead atoms. The molecular weight excluding hydrogens is 532 g/mol. The van der Waals surface area contributed by atoms with Gasteiger partial charge in [-0.3, -0.25) is 9.59 Å². The maximum absolute atomic E-state index is 11.9. The molecule has 15 atom stereocenters. The van der Waals surface area contributed by atoms with E-state index >= 15 is 0 Å². The molecule has 39 heavy (non-hydrogen) atoms. The van der Waals surface area contributed by atoms with Gasteiger partial charge >= 0.3 is 0 Å². The van der Waals surface area contributed by atoms with Gasteiger partial charge in [0.05, 0.1) is 25.4 Å². The smallest absolute Gasteiger partial charge is 0.217 e. The van der Waals surface area contributed by atoms with E-state index in [1.165, 1.54) is 6.92 Å². The maximum Gasteiger partial charge on any atom is 0.217 e. The van der Waals surface area contributed by atoms with Crippen LogP contribution in [0.15, 0.2) is 0 Å². The number of nitrogens with one attached hydrogen (secondary N) is 2. The van der Waals surface area contributed by atoms with Crippen molar-refractivity contribution in [2.45, 2.75) is 113 Å². The highest BCUT2D eigenvalue weighted by Crippen LogP contribution is 2.33. The highest BCUT2D eigenvalue weighted by Gasteiger charge is 2.54. The third kappa shape index (κ3) is 7.02. The van der Waals surface area contributed by atoms with Gasteiger partial charge in [0.2, 0.25) is 11.8 Å². The van der Waals surface area contributed by atoms with Crippen LogP contribution in [-0.2, 0) is 33.3 Å². The number of rotatable bonds is 8. The van der Waals surface area contributed by atoms with Crippen molar-refractivity contribution in [2.75, 3.05) is 13.2 Å². The van der Waals surface area contributed by atoms with Crippen LogP contribution in [-0.4, -0.2) is 158 Å². The van der Waals surface area contributed by atoms with Crippen LogP contribution >= 0.6 is 0 Å².